The minimum Gasteiger partial charge on any atom is -0.331 e. The lowest BCUT2D eigenvalue weighted by Gasteiger charge is -2.40. The molecule has 4 aromatic carbocycles. The second kappa shape index (κ2) is 15.6. The lowest BCUT2D eigenvalue weighted by Crippen LogP contribution is -2.56. The maximum Gasteiger partial charge on any atom is 0.252 e. The molecule has 7 nitrogen and oxygen atoms in total. The number of nitrogens with zero attached hydrogens (tertiary/aromatic N) is 5. The average Bonchev–Trinajstić information content (AvgIpc) is 3.55. The summed E-state index contributed by atoms with van der Waals surface area (Å²) in [4.78, 5) is 33.0. The van der Waals surface area contributed by atoms with E-state index in [0.717, 1.165) is 22.3 Å². The summed E-state index contributed by atoms with van der Waals surface area (Å²) in [6.07, 6.45) is 3.24. The molecule has 246 valence electrons. The number of carbonyl (C=O) groups excluding carboxylic acids is 2. The van der Waals surface area contributed by atoms with Crippen molar-refractivity contribution in [3.63, 3.8) is 0 Å². The summed E-state index contributed by atoms with van der Waals surface area (Å²) in [5.74, 6) is -0.325. The zero-order valence-corrected chi connectivity index (χ0v) is 29.0. The van der Waals surface area contributed by atoms with Crippen LogP contribution < -0.4 is 0 Å². The fourth-order valence-electron chi connectivity index (χ4n) is 6.14. The van der Waals surface area contributed by atoms with Gasteiger partial charge in [0.2, 0.25) is 5.91 Å². The third-order valence-corrected chi connectivity index (χ3v) is 9.84. The summed E-state index contributed by atoms with van der Waals surface area (Å²) in [7, 11) is 0. The van der Waals surface area contributed by atoms with E-state index in [1.165, 1.54) is 0 Å². The molecule has 1 aliphatic rings. The number of halogens is 4. The Morgan fingerprint density at radius 1 is 0.708 bits per heavy atom. The number of rotatable bonds is 12. The van der Waals surface area contributed by atoms with Crippen LogP contribution in [0, 0.1) is 0 Å². The number of piperazine rings is 1. The third-order valence-electron chi connectivity index (χ3n) is 8.66. The van der Waals surface area contributed by atoms with Crippen molar-refractivity contribution in [1.29, 1.82) is 0 Å². The second-order valence-corrected chi connectivity index (χ2v) is 13.4. The molecular formula is C37H33Cl4N5O2. The highest BCUT2D eigenvalue weighted by Gasteiger charge is 2.42. The fourth-order valence-corrected chi connectivity index (χ4v) is 7.15. The van der Waals surface area contributed by atoms with Crippen molar-refractivity contribution in [3.8, 4) is 0 Å². The van der Waals surface area contributed by atoms with Crippen LogP contribution in [0.3, 0.4) is 0 Å². The Bertz CT molecular complexity index is 1850. The smallest absolute Gasteiger partial charge is 0.252 e. The van der Waals surface area contributed by atoms with Crippen LogP contribution in [-0.2, 0) is 29.0 Å². The minimum absolute atomic E-state index is 0.0286. The van der Waals surface area contributed by atoms with E-state index in [9.17, 15) is 9.59 Å². The molecule has 1 aromatic heterocycles. The number of carbonyl (C=O) groups is 2. The third kappa shape index (κ3) is 8.04. The van der Waals surface area contributed by atoms with Crippen LogP contribution in [-0.4, -0.2) is 56.2 Å². The maximum absolute atomic E-state index is 14.3. The molecule has 6 rings (SSSR count). The Labute approximate surface area is 300 Å². The summed E-state index contributed by atoms with van der Waals surface area (Å²) in [6.45, 7) is 1.06. The van der Waals surface area contributed by atoms with Gasteiger partial charge in [-0.2, -0.15) is 15.0 Å². The van der Waals surface area contributed by atoms with E-state index in [2.05, 4.69) is 29.4 Å². The summed E-state index contributed by atoms with van der Waals surface area (Å²) in [6, 6.07) is 30.2. The molecule has 1 aliphatic heterocycles. The molecule has 1 saturated heterocycles. The van der Waals surface area contributed by atoms with Gasteiger partial charge < -0.3 is 9.80 Å². The largest absolute Gasteiger partial charge is 0.331 e. The van der Waals surface area contributed by atoms with Crippen molar-refractivity contribution in [2.75, 3.05) is 19.6 Å². The summed E-state index contributed by atoms with van der Waals surface area (Å²) >= 11 is 25.0. The summed E-state index contributed by atoms with van der Waals surface area (Å²) in [5.41, 5.74) is 4.46. The first-order valence-corrected chi connectivity index (χ1v) is 17.2. The van der Waals surface area contributed by atoms with Crippen molar-refractivity contribution >= 4 is 58.2 Å². The Balaban J connectivity index is 1.25. The molecule has 0 aliphatic carbocycles. The van der Waals surface area contributed by atoms with Crippen LogP contribution in [0.4, 0.5) is 0 Å². The van der Waals surface area contributed by atoms with E-state index >= 15 is 0 Å². The van der Waals surface area contributed by atoms with Gasteiger partial charge in [0, 0.05) is 39.1 Å². The highest BCUT2D eigenvalue weighted by molar-refractivity contribution is 6.35. The molecule has 0 bridgehead atoms. The van der Waals surface area contributed by atoms with Gasteiger partial charge >= 0.3 is 0 Å². The molecule has 48 heavy (non-hydrogen) atoms. The minimum atomic E-state index is -0.924. The zero-order chi connectivity index (χ0) is 33.6. The molecule has 0 radical (unpaired) electrons. The highest BCUT2D eigenvalue weighted by atomic mass is 35.5. The SMILES string of the molecule is O=C1C(c2cnn(CCc3ccc(Cl)cc3Cl)n2)N(CCC(c2ccccc2)c2ccccc2)C(=O)CN1CCc1ccc(Cl)cc1Cl. The summed E-state index contributed by atoms with van der Waals surface area (Å²) in [5, 5.41) is 11.4. The van der Waals surface area contributed by atoms with Gasteiger partial charge in [0.25, 0.3) is 5.91 Å². The number of hydrogen-bond acceptors (Lipinski definition) is 4. The van der Waals surface area contributed by atoms with E-state index in [0.29, 0.717) is 64.7 Å². The van der Waals surface area contributed by atoms with Gasteiger partial charge in [-0.25, -0.2) is 0 Å². The van der Waals surface area contributed by atoms with E-state index in [1.807, 2.05) is 48.5 Å². The molecule has 2 amide bonds. The summed E-state index contributed by atoms with van der Waals surface area (Å²) < 4.78 is 0. The van der Waals surface area contributed by atoms with E-state index in [1.54, 1.807) is 45.1 Å². The number of aromatic nitrogens is 3. The van der Waals surface area contributed by atoms with Gasteiger partial charge in [-0.3, -0.25) is 9.59 Å². The molecule has 1 fully saturated rings. The van der Waals surface area contributed by atoms with Gasteiger partial charge in [0.05, 0.1) is 19.3 Å². The second-order valence-electron chi connectivity index (χ2n) is 11.7. The van der Waals surface area contributed by atoms with Crippen LogP contribution in [0.1, 0.15) is 46.3 Å². The molecule has 2 heterocycles. The molecular weight excluding hydrogens is 688 g/mol. The van der Waals surface area contributed by atoms with Crippen LogP contribution in [0.25, 0.3) is 0 Å². The number of amides is 2. The standard InChI is InChI=1S/C37H33Cl4N5O2/c38-29-13-11-27(32(40)21-29)15-18-44-24-35(47)45(19-17-31(25-7-3-1-4-8-25)26-9-5-2-6-10-26)36(37(44)48)34-23-42-46(43-34)20-16-28-12-14-30(39)22-33(28)41/h1-14,21-23,31,36H,15-20,24H2. The van der Waals surface area contributed by atoms with Crippen molar-refractivity contribution < 1.29 is 9.59 Å². The zero-order valence-electron chi connectivity index (χ0n) is 26.0. The lowest BCUT2D eigenvalue weighted by molar-refractivity contribution is -0.156. The van der Waals surface area contributed by atoms with Crippen LogP contribution >= 0.6 is 46.4 Å². The number of aryl methyl sites for hydroxylation is 2. The molecule has 11 heteroatoms. The van der Waals surface area contributed by atoms with Crippen molar-refractivity contribution in [2.45, 2.75) is 37.8 Å². The van der Waals surface area contributed by atoms with Crippen LogP contribution in [0.5, 0.6) is 0 Å². The van der Waals surface area contributed by atoms with Gasteiger partial charge in [-0.05, 0) is 65.8 Å². The van der Waals surface area contributed by atoms with Gasteiger partial charge in [-0.1, -0.05) is 119 Å². The van der Waals surface area contributed by atoms with Gasteiger partial charge in [0.15, 0.2) is 6.04 Å². The Morgan fingerprint density at radius 2 is 1.27 bits per heavy atom. The Hall–Kier alpha value is -3.88. The van der Waals surface area contributed by atoms with Crippen molar-refractivity contribution in [3.05, 3.63) is 151 Å². The molecule has 1 unspecified atom stereocenters. The Kier molecular flexibility index (Phi) is 11.0. The molecule has 0 spiro atoms. The molecule has 0 saturated carbocycles. The number of hydrogen-bond donors (Lipinski definition) is 0. The van der Waals surface area contributed by atoms with Crippen molar-refractivity contribution in [1.82, 2.24) is 24.8 Å². The van der Waals surface area contributed by atoms with Crippen LogP contribution in [0.2, 0.25) is 20.1 Å². The quantitative estimate of drug-likeness (QED) is 0.130. The predicted octanol–water partition coefficient (Wildman–Crippen LogP) is 8.31. The van der Waals surface area contributed by atoms with Crippen LogP contribution in [0.15, 0.2) is 103 Å². The van der Waals surface area contributed by atoms with E-state index in [-0.39, 0.29) is 24.3 Å². The molecule has 0 N–H and O–H groups in total. The average molecular weight is 722 g/mol. The molecule has 5 aromatic rings. The van der Waals surface area contributed by atoms with Gasteiger partial charge in [0.1, 0.15) is 5.69 Å². The monoisotopic (exact) mass is 719 g/mol. The maximum atomic E-state index is 14.3. The highest BCUT2D eigenvalue weighted by Crippen LogP contribution is 2.32. The predicted molar refractivity (Wildman–Crippen MR) is 191 cm³/mol. The first-order valence-electron chi connectivity index (χ1n) is 15.7. The first-order chi connectivity index (χ1) is 23.3. The van der Waals surface area contributed by atoms with E-state index in [4.69, 9.17) is 51.5 Å². The first kappa shape index (κ1) is 34.0. The Morgan fingerprint density at radius 3 is 1.83 bits per heavy atom. The topological polar surface area (TPSA) is 71.3 Å². The number of benzene rings is 4. The normalized spacial score (nSPS) is 15.1. The van der Waals surface area contributed by atoms with Gasteiger partial charge in [-0.15, -0.1) is 0 Å². The molecule has 1 atom stereocenters. The van der Waals surface area contributed by atoms with E-state index < -0.39 is 6.04 Å². The lowest BCUT2D eigenvalue weighted by atomic mass is 9.88. The fraction of sp³-hybridized carbons (Fsp3) is 0.243. The van der Waals surface area contributed by atoms with Crippen molar-refractivity contribution in [2.24, 2.45) is 0 Å².